The van der Waals surface area contributed by atoms with Gasteiger partial charge < -0.3 is 16.0 Å². The summed E-state index contributed by atoms with van der Waals surface area (Å²) in [7, 11) is 1.62. The van der Waals surface area contributed by atoms with E-state index in [0.717, 1.165) is 31.4 Å². The quantitative estimate of drug-likeness (QED) is 0.797. The normalized spacial score (nSPS) is 20.8. The van der Waals surface area contributed by atoms with E-state index in [1.54, 1.807) is 7.05 Å². The number of thiophene rings is 1. The summed E-state index contributed by atoms with van der Waals surface area (Å²) in [5, 5.41) is 2.64. The molecule has 1 saturated heterocycles. The van der Waals surface area contributed by atoms with E-state index in [1.165, 1.54) is 16.2 Å². The van der Waals surface area contributed by atoms with Gasteiger partial charge in [-0.05, 0) is 37.4 Å². The van der Waals surface area contributed by atoms with Gasteiger partial charge in [-0.25, -0.2) is 0 Å². The van der Waals surface area contributed by atoms with Crippen LogP contribution in [-0.2, 0) is 22.6 Å². The lowest BCUT2D eigenvalue weighted by Gasteiger charge is -2.35. The fourth-order valence-corrected chi connectivity index (χ4v) is 4.74. The average molecular weight is 364 g/mol. The van der Waals surface area contributed by atoms with Gasteiger partial charge in [-0.15, -0.1) is 11.3 Å². The van der Waals surface area contributed by atoms with Gasteiger partial charge in [0.2, 0.25) is 11.8 Å². The Labute approximate surface area is 151 Å². The molecule has 0 bridgehead atoms. The third-order valence-electron chi connectivity index (χ3n) is 4.86. The molecule has 1 aromatic heterocycles. The van der Waals surface area contributed by atoms with Crippen molar-refractivity contribution >= 4 is 29.1 Å². The Hall–Kier alpha value is -1.93. The number of nitrogens with one attached hydrogen (secondary N) is 1. The van der Waals surface area contributed by atoms with Crippen molar-refractivity contribution in [2.24, 2.45) is 11.7 Å². The molecule has 1 atom stereocenters. The molecule has 2 aliphatic heterocycles. The number of hydrogen-bond acceptors (Lipinski definition) is 5. The molecular weight excluding hydrogens is 340 g/mol. The number of fused-ring (bicyclic) bond motifs is 1. The van der Waals surface area contributed by atoms with E-state index < -0.39 is 0 Å². The maximum atomic E-state index is 12.9. The zero-order valence-corrected chi connectivity index (χ0v) is 15.2. The third-order valence-corrected chi connectivity index (χ3v) is 6.10. The van der Waals surface area contributed by atoms with Crippen molar-refractivity contribution in [3.63, 3.8) is 0 Å². The van der Waals surface area contributed by atoms with E-state index >= 15 is 0 Å². The number of hydrogen-bond donors (Lipinski definition) is 2. The van der Waals surface area contributed by atoms with Gasteiger partial charge in [-0.1, -0.05) is 0 Å². The molecule has 3 heterocycles. The highest BCUT2D eigenvalue weighted by Gasteiger charge is 2.32. The van der Waals surface area contributed by atoms with Crippen molar-refractivity contribution in [1.29, 1.82) is 0 Å². The number of carbonyl (C=O) groups excluding carboxylic acids is 3. The van der Waals surface area contributed by atoms with Gasteiger partial charge in [-0.2, -0.15) is 0 Å². The minimum absolute atomic E-state index is 0.0771. The summed E-state index contributed by atoms with van der Waals surface area (Å²) in [5.74, 6) is -0.360. The Morgan fingerprint density at radius 3 is 2.88 bits per heavy atom. The van der Waals surface area contributed by atoms with Crippen molar-refractivity contribution in [1.82, 2.24) is 15.1 Å². The molecule has 0 spiro atoms. The van der Waals surface area contributed by atoms with Gasteiger partial charge in [0.25, 0.3) is 5.91 Å². The van der Waals surface area contributed by atoms with Crippen molar-refractivity contribution < 1.29 is 14.4 Å². The average Bonchev–Trinajstić information content (AvgIpc) is 3.03. The molecule has 1 unspecified atom stereocenters. The summed E-state index contributed by atoms with van der Waals surface area (Å²) in [6.07, 6.45) is 2.55. The monoisotopic (exact) mass is 364 g/mol. The van der Waals surface area contributed by atoms with Crippen LogP contribution in [0.4, 0.5) is 0 Å². The number of primary amides is 1. The zero-order chi connectivity index (χ0) is 18.0. The molecule has 0 saturated carbocycles. The number of likely N-dealkylation sites (tertiary alicyclic amines) is 1. The summed E-state index contributed by atoms with van der Waals surface area (Å²) in [6, 6.07) is 1.90. The molecule has 8 heteroatoms. The van der Waals surface area contributed by atoms with Gasteiger partial charge in [0.05, 0.1) is 17.3 Å². The Balaban J connectivity index is 1.64. The Kier molecular flexibility index (Phi) is 5.39. The van der Waals surface area contributed by atoms with Gasteiger partial charge in [0.1, 0.15) is 0 Å². The number of nitrogens with two attached hydrogens (primary N) is 1. The zero-order valence-electron chi connectivity index (χ0n) is 14.4. The van der Waals surface area contributed by atoms with Crippen LogP contribution >= 0.6 is 11.3 Å². The molecule has 0 radical (unpaired) electrons. The number of piperidine rings is 1. The fourth-order valence-electron chi connectivity index (χ4n) is 3.64. The number of rotatable bonds is 4. The minimum atomic E-state index is -0.351. The van der Waals surface area contributed by atoms with Crippen molar-refractivity contribution in [2.45, 2.75) is 25.8 Å². The van der Waals surface area contributed by atoms with Gasteiger partial charge in [-0.3, -0.25) is 19.3 Å². The van der Waals surface area contributed by atoms with Crippen LogP contribution in [0.2, 0.25) is 0 Å². The van der Waals surface area contributed by atoms with E-state index in [9.17, 15) is 14.4 Å². The maximum absolute atomic E-state index is 12.9. The molecule has 3 N–H and O–H groups in total. The van der Waals surface area contributed by atoms with Crippen LogP contribution in [0, 0.1) is 5.92 Å². The Morgan fingerprint density at radius 2 is 2.16 bits per heavy atom. The van der Waals surface area contributed by atoms with Gasteiger partial charge in [0.15, 0.2) is 0 Å². The number of carbonyl (C=O) groups is 3. The molecule has 2 aliphatic rings. The number of nitrogens with zero attached hydrogens (tertiary/aromatic N) is 2. The molecule has 7 nitrogen and oxygen atoms in total. The van der Waals surface area contributed by atoms with Crippen LogP contribution in [0.5, 0.6) is 0 Å². The SMILES string of the molecule is CNC(=O)c1cc2c(s1)CCN(C(=O)C1CCCN(CC(N)=O)C1)C2. The van der Waals surface area contributed by atoms with E-state index in [-0.39, 0.29) is 30.2 Å². The standard InChI is InChI=1S/C17H24N4O3S/c1-19-16(23)14-7-12-9-21(6-4-13(12)25-14)17(24)11-3-2-5-20(8-11)10-15(18)22/h7,11H,2-6,8-10H2,1H3,(H2,18,22)(H,19,23). The second kappa shape index (κ2) is 7.53. The summed E-state index contributed by atoms with van der Waals surface area (Å²) in [5.41, 5.74) is 6.35. The van der Waals surface area contributed by atoms with Crippen molar-refractivity contribution in [2.75, 3.05) is 33.2 Å². The van der Waals surface area contributed by atoms with Crippen LogP contribution in [0.15, 0.2) is 6.07 Å². The Bertz CT molecular complexity index is 687. The van der Waals surface area contributed by atoms with E-state index in [4.69, 9.17) is 5.73 Å². The van der Waals surface area contributed by atoms with Crippen LogP contribution in [-0.4, -0.2) is 60.7 Å². The summed E-state index contributed by atoms with van der Waals surface area (Å²) in [6.45, 7) is 2.88. The molecule has 0 aliphatic carbocycles. The maximum Gasteiger partial charge on any atom is 0.261 e. The lowest BCUT2D eigenvalue weighted by Crippen LogP contribution is -2.47. The molecule has 3 amide bonds. The second-order valence-corrected chi connectivity index (χ2v) is 7.83. The second-order valence-electron chi connectivity index (χ2n) is 6.69. The first kappa shape index (κ1) is 17.9. The van der Waals surface area contributed by atoms with E-state index in [0.29, 0.717) is 24.5 Å². The molecule has 1 aromatic rings. The summed E-state index contributed by atoms with van der Waals surface area (Å²) < 4.78 is 0. The first-order valence-electron chi connectivity index (χ1n) is 8.61. The van der Waals surface area contributed by atoms with E-state index in [2.05, 4.69) is 5.32 Å². The van der Waals surface area contributed by atoms with Crippen LogP contribution in [0.3, 0.4) is 0 Å². The highest BCUT2D eigenvalue weighted by atomic mass is 32.1. The van der Waals surface area contributed by atoms with Crippen LogP contribution in [0.1, 0.15) is 33.0 Å². The van der Waals surface area contributed by atoms with Gasteiger partial charge in [0, 0.05) is 31.6 Å². The van der Waals surface area contributed by atoms with Crippen LogP contribution < -0.4 is 11.1 Å². The van der Waals surface area contributed by atoms with Crippen molar-refractivity contribution in [3.8, 4) is 0 Å². The molecule has 25 heavy (non-hydrogen) atoms. The molecule has 0 aromatic carbocycles. The first-order valence-corrected chi connectivity index (χ1v) is 9.42. The summed E-state index contributed by atoms with van der Waals surface area (Å²) >= 11 is 1.51. The first-order chi connectivity index (χ1) is 12.0. The molecule has 136 valence electrons. The third kappa shape index (κ3) is 4.01. The van der Waals surface area contributed by atoms with E-state index in [1.807, 2.05) is 15.9 Å². The summed E-state index contributed by atoms with van der Waals surface area (Å²) in [4.78, 5) is 41.6. The fraction of sp³-hybridized carbons (Fsp3) is 0.588. The molecular formula is C17H24N4O3S. The predicted molar refractivity (Wildman–Crippen MR) is 95.2 cm³/mol. The lowest BCUT2D eigenvalue weighted by molar-refractivity contribution is -0.139. The molecule has 3 rings (SSSR count). The largest absolute Gasteiger partial charge is 0.369 e. The van der Waals surface area contributed by atoms with Crippen molar-refractivity contribution in [3.05, 3.63) is 21.4 Å². The predicted octanol–water partition coefficient (Wildman–Crippen LogP) is 0.190. The lowest BCUT2D eigenvalue weighted by atomic mass is 9.95. The van der Waals surface area contributed by atoms with Gasteiger partial charge >= 0.3 is 0 Å². The minimum Gasteiger partial charge on any atom is -0.369 e. The highest BCUT2D eigenvalue weighted by Crippen LogP contribution is 2.29. The Morgan fingerprint density at radius 1 is 1.36 bits per heavy atom. The molecule has 1 fully saturated rings. The van der Waals surface area contributed by atoms with Crippen LogP contribution in [0.25, 0.3) is 0 Å². The topological polar surface area (TPSA) is 95.7 Å². The smallest absolute Gasteiger partial charge is 0.261 e. The highest BCUT2D eigenvalue weighted by molar-refractivity contribution is 7.14. The number of amides is 3.